The van der Waals surface area contributed by atoms with Gasteiger partial charge in [0.05, 0.1) is 15.4 Å². The third kappa shape index (κ3) is 3.87. The SMILES string of the molecule is Cc1cccc(/N=C2/S/C(=C/c3ccc(-c4ccccc4[N+](=O)[O-])o3)C(=O)N2C)n1. The van der Waals surface area contributed by atoms with E-state index in [0.29, 0.717) is 33.0 Å². The lowest BCUT2D eigenvalue weighted by atomic mass is 10.1. The second-order valence-corrected chi connectivity index (χ2v) is 7.49. The summed E-state index contributed by atoms with van der Waals surface area (Å²) >= 11 is 1.21. The van der Waals surface area contributed by atoms with Gasteiger partial charge in [0, 0.05) is 24.9 Å². The van der Waals surface area contributed by atoms with Gasteiger partial charge in [-0.15, -0.1) is 0 Å². The van der Waals surface area contributed by atoms with Crippen molar-refractivity contribution in [2.24, 2.45) is 4.99 Å². The summed E-state index contributed by atoms with van der Waals surface area (Å²) in [5.41, 5.74) is 1.17. The van der Waals surface area contributed by atoms with Crippen LogP contribution in [0.3, 0.4) is 0 Å². The van der Waals surface area contributed by atoms with Gasteiger partial charge in [0.25, 0.3) is 11.6 Å². The first-order chi connectivity index (χ1) is 14.4. The molecule has 1 amide bonds. The Kier molecular flexibility index (Phi) is 5.20. The zero-order valence-electron chi connectivity index (χ0n) is 16.1. The first kappa shape index (κ1) is 19.6. The quantitative estimate of drug-likeness (QED) is 0.342. The fourth-order valence-electron chi connectivity index (χ4n) is 2.89. The first-order valence-corrected chi connectivity index (χ1v) is 9.77. The Morgan fingerprint density at radius 2 is 1.97 bits per heavy atom. The van der Waals surface area contributed by atoms with Crippen molar-refractivity contribution >= 4 is 40.4 Å². The molecule has 150 valence electrons. The fourth-order valence-corrected chi connectivity index (χ4v) is 3.84. The number of aryl methyl sites for hydroxylation is 1. The highest BCUT2D eigenvalue weighted by Crippen LogP contribution is 2.35. The van der Waals surface area contributed by atoms with Gasteiger partial charge < -0.3 is 4.42 Å². The summed E-state index contributed by atoms with van der Waals surface area (Å²) in [4.78, 5) is 34.1. The maximum atomic E-state index is 12.6. The van der Waals surface area contributed by atoms with E-state index in [9.17, 15) is 14.9 Å². The minimum Gasteiger partial charge on any atom is -0.456 e. The Balaban J connectivity index is 1.62. The molecule has 1 aliphatic heterocycles. The third-order valence-corrected chi connectivity index (χ3v) is 5.41. The van der Waals surface area contributed by atoms with Crippen molar-refractivity contribution in [2.45, 2.75) is 6.92 Å². The molecule has 9 heteroatoms. The van der Waals surface area contributed by atoms with Crippen molar-refractivity contribution < 1.29 is 14.1 Å². The second kappa shape index (κ2) is 7.96. The summed E-state index contributed by atoms with van der Waals surface area (Å²) in [5.74, 6) is 1.09. The summed E-state index contributed by atoms with van der Waals surface area (Å²) in [6.45, 7) is 1.87. The van der Waals surface area contributed by atoms with Crippen LogP contribution in [0.25, 0.3) is 17.4 Å². The minimum atomic E-state index is -0.455. The van der Waals surface area contributed by atoms with Crippen molar-refractivity contribution in [1.82, 2.24) is 9.88 Å². The Bertz CT molecular complexity index is 1210. The molecule has 0 unspecified atom stereocenters. The number of nitrogens with zero attached hydrogens (tertiary/aromatic N) is 4. The maximum Gasteiger partial charge on any atom is 0.280 e. The van der Waals surface area contributed by atoms with Crippen LogP contribution in [0.2, 0.25) is 0 Å². The summed E-state index contributed by atoms with van der Waals surface area (Å²) in [6, 6.07) is 15.2. The van der Waals surface area contributed by atoms with Gasteiger partial charge >= 0.3 is 0 Å². The van der Waals surface area contributed by atoms with Gasteiger partial charge in [-0.2, -0.15) is 0 Å². The van der Waals surface area contributed by atoms with Crippen LogP contribution in [0.1, 0.15) is 11.5 Å². The number of nitro benzene ring substituents is 1. The number of amidine groups is 1. The highest BCUT2D eigenvalue weighted by Gasteiger charge is 2.31. The van der Waals surface area contributed by atoms with E-state index in [1.54, 1.807) is 49.5 Å². The summed E-state index contributed by atoms with van der Waals surface area (Å²) in [7, 11) is 1.64. The number of aliphatic imine (C=N–C) groups is 1. The number of furan rings is 1. The van der Waals surface area contributed by atoms with E-state index < -0.39 is 4.92 Å². The number of hydrogen-bond donors (Lipinski definition) is 0. The number of thioether (sulfide) groups is 1. The average Bonchev–Trinajstić information content (AvgIpc) is 3.29. The molecule has 3 heterocycles. The van der Waals surface area contributed by atoms with E-state index in [2.05, 4.69) is 9.98 Å². The molecule has 30 heavy (non-hydrogen) atoms. The number of carbonyl (C=O) groups excluding carboxylic acids is 1. The molecule has 4 rings (SSSR count). The molecule has 0 bridgehead atoms. The summed E-state index contributed by atoms with van der Waals surface area (Å²) in [6.07, 6.45) is 1.61. The van der Waals surface area contributed by atoms with E-state index in [1.807, 2.05) is 19.1 Å². The van der Waals surface area contributed by atoms with Crippen molar-refractivity contribution in [3.05, 3.63) is 81.1 Å². The Morgan fingerprint density at radius 3 is 2.73 bits per heavy atom. The van der Waals surface area contributed by atoms with Crippen LogP contribution < -0.4 is 0 Å². The zero-order chi connectivity index (χ0) is 21.3. The number of hydrogen-bond acceptors (Lipinski definition) is 7. The molecular formula is C21H16N4O4S. The number of rotatable bonds is 4. The van der Waals surface area contributed by atoms with E-state index in [4.69, 9.17) is 4.42 Å². The van der Waals surface area contributed by atoms with E-state index in [-0.39, 0.29) is 11.6 Å². The van der Waals surface area contributed by atoms with Crippen LogP contribution in [0.4, 0.5) is 11.5 Å². The van der Waals surface area contributed by atoms with Crippen molar-refractivity contribution in [2.75, 3.05) is 7.05 Å². The number of carbonyl (C=O) groups is 1. The molecule has 8 nitrogen and oxygen atoms in total. The monoisotopic (exact) mass is 420 g/mol. The lowest BCUT2D eigenvalue weighted by Gasteiger charge is -2.06. The third-order valence-electron chi connectivity index (χ3n) is 4.35. The van der Waals surface area contributed by atoms with E-state index in [0.717, 1.165) is 5.69 Å². The number of amides is 1. The van der Waals surface area contributed by atoms with Gasteiger partial charge in [-0.25, -0.2) is 9.98 Å². The highest BCUT2D eigenvalue weighted by molar-refractivity contribution is 8.18. The van der Waals surface area contributed by atoms with Gasteiger partial charge in [0.1, 0.15) is 11.5 Å². The maximum absolute atomic E-state index is 12.6. The van der Waals surface area contributed by atoms with Crippen LogP contribution in [-0.2, 0) is 4.79 Å². The number of benzene rings is 1. The fraction of sp³-hybridized carbons (Fsp3) is 0.0952. The predicted molar refractivity (Wildman–Crippen MR) is 115 cm³/mol. The lowest BCUT2D eigenvalue weighted by molar-refractivity contribution is -0.384. The molecule has 3 aromatic rings. The molecule has 1 saturated heterocycles. The molecular weight excluding hydrogens is 404 g/mol. The molecule has 0 radical (unpaired) electrons. The Hall–Kier alpha value is -3.72. The Labute approximate surface area is 176 Å². The molecule has 1 fully saturated rings. The van der Waals surface area contributed by atoms with Gasteiger partial charge in [0.15, 0.2) is 11.0 Å². The van der Waals surface area contributed by atoms with Crippen LogP contribution >= 0.6 is 11.8 Å². The topological polar surface area (TPSA) is 102 Å². The van der Waals surface area contributed by atoms with Gasteiger partial charge in [0.2, 0.25) is 0 Å². The number of pyridine rings is 1. The largest absolute Gasteiger partial charge is 0.456 e. The zero-order valence-corrected chi connectivity index (χ0v) is 16.9. The number of nitro groups is 1. The molecule has 0 atom stereocenters. The average molecular weight is 420 g/mol. The number of para-hydroxylation sites is 1. The smallest absolute Gasteiger partial charge is 0.280 e. The normalized spacial score (nSPS) is 16.6. The Morgan fingerprint density at radius 1 is 1.17 bits per heavy atom. The van der Waals surface area contributed by atoms with Crippen LogP contribution in [0, 0.1) is 17.0 Å². The van der Waals surface area contributed by atoms with Gasteiger partial charge in [-0.05, 0) is 49.0 Å². The lowest BCUT2D eigenvalue weighted by Crippen LogP contribution is -2.23. The molecule has 2 aromatic heterocycles. The van der Waals surface area contributed by atoms with E-state index >= 15 is 0 Å². The standard InChI is InChI=1S/C21H16N4O4S/c1-13-6-5-9-19(22-13)23-21-24(2)20(26)18(30-21)12-14-10-11-17(29-14)15-7-3-4-8-16(15)25(27)28/h3-12H,1-2H3/b18-12+,23-21+. The molecule has 0 spiro atoms. The summed E-state index contributed by atoms with van der Waals surface area (Å²) in [5, 5.41) is 11.8. The molecule has 1 aromatic carbocycles. The van der Waals surface area contributed by atoms with Crippen molar-refractivity contribution in [3.63, 3.8) is 0 Å². The number of likely N-dealkylation sites (N-methyl/N-ethyl adjacent to an activating group) is 1. The van der Waals surface area contributed by atoms with Gasteiger partial charge in [-0.3, -0.25) is 19.8 Å². The molecule has 1 aliphatic rings. The molecule has 0 N–H and O–H groups in total. The van der Waals surface area contributed by atoms with Crippen LogP contribution in [-0.4, -0.2) is 32.9 Å². The first-order valence-electron chi connectivity index (χ1n) is 8.96. The van der Waals surface area contributed by atoms with Gasteiger partial charge in [-0.1, -0.05) is 18.2 Å². The molecule has 0 aliphatic carbocycles. The second-order valence-electron chi connectivity index (χ2n) is 6.48. The van der Waals surface area contributed by atoms with Crippen LogP contribution in [0.5, 0.6) is 0 Å². The predicted octanol–water partition coefficient (Wildman–Crippen LogP) is 4.79. The number of aromatic nitrogens is 1. The minimum absolute atomic E-state index is 0.0443. The van der Waals surface area contributed by atoms with E-state index in [1.165, 1.54) is 22.7 Å². The van der Waals surface area contributed by atoms with Crippen molar-refractivity contribution in [3.8, 4) is 11.3 Å². The highest BCUT2D eigenvalue weighted by atomic mass is 32.2. The van der Waals surface area contributed by atoms with Crippen molar-refractivity contribution in [1.29, 1.82) is 0 Å². The molecule has 0 saturated carbocycles. The summed E-state index contributed by atoms with van der Waals surface area (Å²) < 4.78 is 5.76. The van der Waals surface area contributed by atoms with Crippen LogP contribution in [0.15, 0.2) is 68.9 Å².